The first-order chi connectivity index (χ1) is 19.8. The molecule has 1 aromatic heterocycles. The third-order valence-corrected chi connectivity index (χ3v) is 9.22. The Hall–Kier alpha value is -0.790. The van der Waals surface area contributed by atoms with Gasteiger partial charge >= 0.3 is 0 Å². The van der Waals surface area contributed by atoms with Gasteiger partial charge in [0.05, 0.1) is 13.6 Å². The van der Waals surface area contributed by atoms with E-state index in [0.717, 1.165) is 0 Å². The maximum absolute atomic E-state index is 2.55. The van der Waals surface area contributed by atoms with Crippen LogP contribution in [0.5, 0.6) is 0 Å². The Morgan fingerprint density at radius 1 is 0.425 bits per heavy atom. The summed E-state index contributed by atoms with van der Waals surface area (Å²) in [5, 5.41) is 0. The van der Waals surface area contributed by atoms with E-state index in [0.29, 0.717) is 0 Å². The first kappa shape index (κ1) is 37.2. The van der Waals surface area contributed by atoms with Crippen LogP contribution < -0.4 is 4.57 Å². The van der Waals surface area contributed by atoms with Gasteiger partial charge in [-0.15, -0.1) is 0 Å². The van der Waals surface area contributed by atoms with Gasteiger partial charge in [-0.25, -0.2) is 9.13 Å². The number of hydrogen-bond donors (Lipinski definition) is 0. The first-order valence-corrected chi connectivity index (χ1v) is 18.8. The van der Waals surface area contributed by atoms with Gasteiger partial charge in [0.1, 0.15) is 12.4 Å². The van der Waals surface area contributed by atoms with Crippen molar-refractivity contribution in [3.8, 4) is 0 Å². The van der Waals surface area contributed by atoms with Gasteiger partial charge in [0, 0.05) is 6.42 Å². The number of rotatable bonds is 32. The van der Waals surface area contributed by atoms with E-state index in [1.165, 1.54) is 206 Å². The van der Waals surface area contributed by atoms with Crippen LogP contribution in [0.15, 0.2) is 12.4 Å². The zero-order valence-corrected chi connectivity index (χ0v) is 28.2. The van der Waals surface area contributed by atoms with Gasteiger partial charge in [-0.3, -0.25) is 0 Å². The van der Waals surface area contributed by atoms with E-state index >= 15 is 0 Å². The SMILES string of the molecule is CCCCCCCCCCCCCCCCCCCn1cc[n+](C)c1CCCCCCCCCCCCCCC. The largest absolute Gasteiger partial charge is 0.256 e. The topological polar surface area (TPSA) is 8.81 Å². The molecule has 0 aliphatic heterocycles. The van der Waals surface area contributed by atoms with E-state index in [2.05, 4.69) is 42.4 Å². The summed E-state index contributed by atoms with van der Waals surface area (Å²) in [7, 11) is 2.24. The molecule has 0 saturated carbocycles. The average Bonchev–Trinajstić information content (AvgIpc) is 3.31. The fraction of sp³-hybridized carbons (Fsp3) is 0.921. The summed E-state index contributed by atoms with van der Waals surface area (Å²) in [5.74, 6) is 1.54. The molecule has 1 rings (SSSR count). The van der Waals surface area contributed by atoms with Gasteiger partial charge in [-0.05, 0) is 19.3 Å². The van der Waals surface area contributed by atoms with Crippen LogP contribution in [-0.4, -0.2) is 4.57 Å². The molecule has 236 valence electrons. The van der Waals surface area contributed by atoms with Crippen molar-refractivity contribution in [3.63, 3.8) is 0 Å². The molecule has 0 aliphatic carbocycles. The van der Waals surface area contributed by atoms with Crippen LogP contribution in [0.1, 0.15) is 212 Å². The van der Waals surface area contributed by atoms with Crippen molar-refractivity contribution >= 4 is 0 Å². The van der Waals surface area contributed by atoms with Crippen molar-refractivity contribution in [3.05, 3.63) is 18.2 Å². The summed E-state index contributed by atoms with van der Waals surface area (Å²) >= 11 is 0. The normalized spacial score (nSPS) is 11.6. The number of aromatic nitrogens is 2. The number of aryl methyl sites for hydroxylation is 2. The quantitative estimate of drug-likeness (QED) is 0.0613. The summed E-state index contributed by atoms with van der Waals surface area (Å²) < 4.78 is 4.92. The van der Waals surface area contributed by atoms with Crippen molar-refractivity contribution in [1.82, 2.24) is 4.57 Å². The van der Waals surface area contributed by atoms with Crippen molar-refractivity contribution < 1.29 is 4.57 Å². The Bertz CT molecular complexity index is 619. The lowest BCUT2D eigenvalue weighted by molar-refractivity contribution is -0.678. The second-order valence-electron chi connectivity index (χ2n) is 13.2. The predicted octanol–water partition coefficient (Wildman–Crippen LogP) is 12.6. The minimum absolute atomic E-state index is 1.22. The maximum Gasteiger partial charge on any atom is 0.256 e. The molecular formula is C38H75N2+. The van der Waals surface area contributed by atoms with E-state index in [9.17, 15) is 0 Å². The lowest BCUT2D eigenvalue weighted by atomic mass is 10.0. The molecule has 0 aromatic carbocycles. The average molecular weight is 560 g/mol. The molecule has 0 radical (unpaired) electrons. The summed E-state index contributed by atoms with van der Waals surface area (Å²) in [6, 6.07) is 0. The highest BCUT2D eigenvalue weighted by molar-refractivity contribution is 4.84. The lowest BCUT2D eigenvalue weighted by Gasteiger charge is -2.05. The Morgan fingerprint density at radius 3 is 1.07 bits per heavy atom. The minimum Gasteiger partial charge on any atom is -0.237 e. The van der Waals surface area contributed by atoms with Gasteiger partial charge < -0.3 is 0 Å². The standard InChI is InChI=1S/C38H75N2/c1-4-6-8-10-12-14-16-18-19-20-21-23-25-27-29-31-33-35-40-37-36-39(3)38(40)34-32-30-28-26-24-22-17-15-13-11-9-7-5-2/h36-37H,4-35H2,1-3H3/q+1. The fourth-order valence-electron chi connectivity index (χ4n) is 6.39. The molecule has 0 atom stereocenters. The zero-order chi connectivity index (χ0) is 28.8. The summed E-state index contributed by atoms with van der Waals surface area (Å²) in [6.07, 6.45) is 49.1. The molecule has 0 aliphatic rings. The molecule has 1 aromatic rings. The van der Waals surface area contributed by atoms with Crippen LogP contribution in [0.25, 0.3) is 0 Å². The fourth-order valence-corrected chi connectivity index (χ4v) is 6.39. The first-order valence-electron chi connectivity index (χ1n) is 18.8. The third kappa shape index (κ3) is 22.8. The smallest absolute Gasteiger partial charge is 0.237 e. The summed E-state index contributed by atoms with van der Waals surface area (Å²) in [5.41, 5.74) is 0. The Kier molecular flexibility index (Phi) is 27.6. The van der Waals surface area contributed by atoms with Crippen LogP contribution in [-0.2, 0) is 20.0 Å². The number of nitrogens with zero attached hydrogens (tertiary/aromatic N) is 2. The van der Waals surface area contributed by atoms with Crippen molar-refractivity contribution in [1.29, 1.82) is 0 Å². The van der Waals surface area contributed by atoms with Crippen LogP contribution in [0, 0.1) is 0 Å². The van der Waals surface area contributed by atoms with Crippen LogP contribution >= 0.6 is 0 Å². The molecule has 0 amide bonds. The van der Waals surface area contributed by atoms with E-state index < -0.39 is 0 Å². The van der Waals surface area contributed by atoms with E-state index in [1.807, 2.05) is 0 Å². The Balaban J connectivity index is 1.90. The highest BCUT2D eigenvalue weighted by Gasteiger charge is 2.13. The molecule has 2 heteroatoms. The monoisotopic (exact) mass is 560 g/mol. The van der Waals surface area contributed by atoms with Crippen molar-refractivity contribution in [2.75, 3.05) is 0 Å². The molecule has 0 bridgehead atoms. The third-order valence-electron chi connectivity index (χ3n) is 9.22. The van der Waals surface area contributed by atoms with E-state index in [1.54, 1.807) is 5.82 Å². The van der Waals surface area contributed by atoms with Gasteiger partial charge in [0.2, 0.25) is 0 Å². The van der Waals surface area contributed by atoms with Crippen LogP contribution in [0.4, 0.5) is 0 Å². The van der Waals surface area contributed by atoms with Crippen molar-refractivity contribution in [2.45, 2.75) is 219 Å². The van der Waals surface area contributed by atoms with E-state index in [4.69, 9.17) is 0 Å². The highest BCUT2D eigenvalue weighted by atomic mass is 15.1. The Morgan fingerprint density at radius 2 is 0.725 bits per heavy atom. The number of imidazole rings is 1. The van der Waals surface area contributed by atoms with Crippen LogP contribution in [0.3, 0.4) is 0 Å². The molecule has 0 unspecified atom stereocenters. The van der Waals surface area contributed by atoms with Gasteiger partial charge in [-0.2, -0.15) is 0 Å². The summed E-state index contributed by atoms with van der Waals surface area (Å²) in [6.45, 7) is 5.83. The van der Waals surface area contributed by atoms with E-state index in [-0.39, 0.29) is 0 Å². The Labute approximate surface area is 253 Å². The van der Waals surface area contributed by atoms with Crippen LogP contribution in [0.2, 0.25) is 0 Å². The minimum atomic E-state index is 1.22. The molecule has 0 fully saturated rings. The molecule has 0 spiro atoms. The zero-order valence-electron chi connectivity index (χ0n) is 28.2. The molecule has 1 heterocycles. The molecule has 2 nitrogen and oxygen atoms in total. The summed E-state index contributed by atoms with van der Waals surface area (Å²) in [4.78, 5) is 0. The van der Waals surface area contributed by atoms with Crippen molar-refractivity contribution in [2.24, 2.45) is 7.05 Å². The molecule has 0 N–H and O–H groups in total. The lowest BCUT2D eigenvalue weighted by Crippen LogP contribution is -2.32. The molecule has 0 saturated heterocycles. The second-order valence-corrected chi connectivity index (χ2v) is 13.2. The molecular weight excluding hydrogens is 484 g/mol. The number of hydrogen-bond acceptors (Lipinski definition) is 0. The van der Waals surface area contributed by atoms with Gasteiger partial charge in [0.25, 0.3) is 5.82 Å². The van der Waals surface area contributed by atoms with Gasteiger partial charge in [0.15, 0.2) is 0 Å². The maximum atomic E-state index is 2.55. The molecule has 40 heavy (non-hydrogen) atoms. The second kappa shape index (κ2) is 29.7. The highest BCUT2D eigenvalue weighted by Crippen LogP contribution is 2.16. The number of unbranched alkanes of at least 4 members (excludes halogenated alkanes) is 28. The predicted molar refractivity (Wildman–Crippen MR) is 179 cm³/mol. The van der Waals surface area contributed by atoms with Gasteiger partial charge in [-0.1, -0.05) is 187 Å².